The van der Waals surface area contributed by atoms with Gasteiger partial charge in [-0.2, -0.15) is 5.10 Å². The molecule has 1 aliphatic heterocycles. The van der Waals surface area contributed by atoms with Gasteiger partial charge >= 0.3 is 0 Å². The predicted octanol–water partition coefficient (Wildman–Crippen LogP) is 3.33. The quantitative estimate of drug-likeness (QED) is 0.816. The first-order valence-electron chi connectivity index (χ1n) is 7.31. The average molecular weight is 249 g/mol. The van der Waals surface area contributed by atoms with Crippen molar-refractivity contribution in [2.75, 3.05) is 13.1 Å². The Kier molecular flexibility index (Phi) is 4.44. The van der Waals surface area contributed by atoms with Crippen LogP contribution in [0.25, 0.3) is 0 Å². The van der Waals surface area contributed by atoms with Crippen molar-refractivity contribution >= 4 is 0 Å². The SMILES string of the molecule is CC(C)C1CCN(Cc2cnn(C(C)C)c2)CC1. The van der Waals surface area contributed by atoms with E-state index in [0.717, 1.165) is 18.4 Å². The molecule has 3 nitrogen and oxygen atoms in total. The fourth-order valence-electron chi connectivity index (χ4n) is 2.78. The summed E-state index contributed by atoms with van der Waals surface area (Å²) in [6.45, 7) is 12.6. The van der Waals surface area contributed by atoms with Crippen LogP contribution in [0.1, 0.15) is 52.1 Å². The Bertz CT molecular complexity index is 360. The van der Waals surface area contributed by atoms with Crippen molar-refractivity contribution in [2.24, 2.45) is 11.8 Å². The van der Waals surface area contributed by atoms with Crippen LogP contribution in [0.4, 0.5) is 0 Å². The Labute approximate surface area is 111 Å². The van der Waals surface area contributed by atoms with E-state index >= 15 is 0 Å². The molecule has 1 fully saturated rings. The smallest absolute Gasteiger partial charge is 0.0534 e. The topological polar surface area (TPSA) is 21.1 Å². The zero-order chi connectivity index (χ0) is 13.1. The highest BCUT2D eigenvalue weighted by molar-refractivity contribution is 5.04. The molecule has 3 heteroatoms. The van der Waals surface area contributed by atoms with Gasteiger partial charge in [0.15, 0.2) is 0 Å². The Hall–Kier alpha value is -0.830. The molecule has 1 aromatic heterocycles. The van der Waals surface area contributed by atoms with Crippen LogP contribution in [0.2, 0.25) is 0 Å². The summed E-state index contributed by atoms with van der Waals surface area (Å²) in [6.07, 6.45) is 6.93. The maximum absolute atomic E-state index is 4.41. The van der Waals surface area contributed by atoms with Crippen molar-refractivity contribution in [3.05, 3.63) is 18.0 Å². The van der Waals surface area contributed by atoms with E-state index in [4.69, 9.17) is 0 Å². The zero-order valence-corrected chi connectivity index (χ0v) is 12.3. The summed E-state index contributed by atoms with van der Waals surface area (Å²) in [5, 5.41) is 4.41. The van der Waals surface area contributed by atoms with Gasteiger partial charge in [-0.15, -0.1) is 0 Å². The molecule has 0 atom stereocenters. The minimum absolute atomic E-state index is 0.463. The number of hydrogen-bond donors (Lipinski definition) is 0. The molecule has 0 spiro atoms. The van der Waals surface area contributed by atoms with Crippen LogP contribution >= 0.6 is 0 Å². The van der Waals surface area contributed by atoms with Crippen molar-refractivity contribution in [2.45, 2.75) is 53.1 Å². The van der Waals surface area contributed by atoms with Gasteiger partial charge in [-0.25, -0.2) is 0 Å². The number of hydrogen-bond acceptors (Lipinski definition) is 2. The van der Waals surface area contributed by atoms with Gasteiger partial charge in [0.25, 0.3) is 0 Å². The Balaban J connectivity index is 1.84. The molecule has 2 heterocycles. The van der Waals surface area contributed by atoms with Gasteiger partial charge in [0.2, 0.25) is 0 Å². The molecule has 1 aliphatic rings. The summed E-state index contributed by atoms with van der Waals surface area (Å²) in [5.74, 6) is 1.77. The molecule has 1 aromatic rings. The number of rotatable bonds is 4. The summed E-state index contributed by atoms with van der Waals surface area (Å²) in [6, 6.07) is 0.463. The van der Waals surface area contributed by atoms with Crippen LogP contribution in [0.3, 0.4) is 0 Å². The molecule has 0 amide bonds. The van der Waals surface area contributed by atoms with Crippen LogP contribution in [0.5, 0.6) is 0 Å². The standard InChI is InChI=1S/C15H27N3/c1-12(2)15-5-7-17(8-6-15)10-14-9-16-18(11-14)13(3)4/h9,11-13,15H,5-8,10H2,1-4H3. The van der Waals surface area contributed by atoms with Gasteiger partial charge in [0.1, 0.15) is 0 Å². The molecule has 0 N–H and O–H groups in total. The van der Waals surface area contributed by atoms with Gasteiger partial charge in [0.05, 0.1) is 6.20 Å². The van der Waals surface area contributed by atoms with E-state index in [2.05, 4.69) is 48.6 Å². The van der Waals surface area contributed by atoms with E-state index in [1.807, 2.05) is 6.20 Å². The molecule has 0 unspecified atom stereocenters. The average Bonchev–Trinajstić information content (AvgIpc) is 2.78. The molecule has 0 radical (unpaired) electrons. The molecule has 0 bridgehead atoms. The van der Waals surface area contributed by atoms with E-state index < -0.39 is 0 Å². The first kappa shape index (κ1) is 13.6. The largest absolute Gasteiger partial charge is 0.299 e. The Morgan fingerprint density at radius 2 is 1.89 bits per heavy atom. The van der Waals surface area contributed by atoms with Crippen molar-refractivity contribution < 1.29 is 0 Å². The van der Waals surface area contributed by atoms with E-state index in [-0.39, 0.29) is 0 Å². The lowest BCUT2D eigenvalue weighted by Crippen LogP contribution is -2.34. The van der Waals surface area contributed by atoms with Crippen LogP contribution in [0.15, 0.2) is 12.4 Å². The fourth-order valence-corrected chi connectivity index (χ4v) is 2.78. The van der Waals surface area contributed by atoms with Crippen LogP contribution in [-0.2, 0) is 6.54 Å². The van der Waals surface area contributed by atoms with E-state index in [1.54, 1.807) is 0 Å². The summed E-state index contributed by atoms with van der Waals surface area (Å²) < 4.78 is 2.05. The number of likely N-dealkylation sites (tertiary alicyclic amines) is 1. The second-order valence-corrected chi connectivity index (χ2v) is 6.28. The third kappa shape index (κ3) is 3.35. The Morgan fingerprint density at radius 3 is 2.39 bits per heavy atom. The Morgan fingerprint density at radius 1 is 1.22 bits per heavy atom. The van der Waals surface area contributed by atoms with Crippen LogP contribution < -0.4 is 0 Å². The zero-order valence-electron chi connectivity index (χ0n) is 12.3. The lowest BCUT2D eigenvalue weighted by molar-refractivity contribution is 0.152. The lowest BCUT2D eigenvalue weighted by Gasteiger charge is -2.33. The normalized spacial score (nSPS) is 19.0. The van der Waals surface area contributed by atoms with Crippen molar-refractivity contribution in [3.63, 3.8) is 0 Å². The molecule has 0 saturated carbocycles. The van der Waals surface area contributed by atoms with Gasteiger partial charge in [-0.1, -0.05) is 13.8 Å². The predicted molar refractivity (Wildman–Crippen MR) is 75.5 cm³/mol. The first-order chi connectivity index (χ1) is 8.56. The molecular formula is C15H27N3. The molecule has 2 rings (SSSR count). The van der Waals surface area contributed by atoms with Gasteiger partial charge in [0, 0.05) is 24.3 Å². The molecule has 1 saturated heterocycles. The van der Waals surface area contributed by atoms with Crippen LogP contribution in [0, 0.1) is 11.8 Å². The molecule has 0 aromatic carbocycles. The first-order valence-corrected chi connectivity index (χ1v) is 7.31. The van der Waals surface area contributed by atoms with Gasteiger partial charge in [-0.05, 0) is 51.6 Å². The van der Waals surface area contributed by atoms with Gasteiger partial charge < -0.3 is 0 Å². The summed E-state index contributed by atoms with van der Waals surface area (Å²) in [7, 11) is 0. The number of piperidine rings is 1. The number of nitrogens with zero attached hydrogens (tertiary/aromatic N) is 3. The minimum Gasteiger partial charge on any atom is -0.299 e. The highest BCUT2D eigenvalue weighted by Crippen LogP contribution is 2.25. The molecule has 0 aliphatic carbocycles. The molecule has 102 valence electrons. The second kappa shape index (κ2) is 5.87. The highest BCUT2D eigenvalue weighted by atomic mass is 15.3. The summed E-state index contributed by atoms with van der Waals surface area (Å²) >= 11 is 0. The maximum Gasteiger partial charge on any atom is 0.0534 e. The molecule has 18 heavy (non-hydrogen) atoms. The summed E-state index contributed by atoms with van der Waals surface area (Å²) in [4.78, 5) is 2.57. The third-order valence-corrected chi connectivity index (χ3v) is 4.17. The van der Waals surface area contributed by atoms with E-state index in [9.17, 15) is 0 Å². The third-order valence-electron chi connectivity index (χ3n) is 4.17. The van der Waals surface area contributed by atoms with E-state index in [1.165, 1.54) is 31.5 Å². The van der Waals surface area contributed by atoms with Gasteiger partial charge in [-0.3, -0.25) is 9.58 Å². The highest BCUT2D eigenvalue weighted by Gasteiger charge is 2.21. The monoisotopic (exact) mass is 249 g/mol. The summed E-state index contributed by atoms with van der Waals surface area (Å²) in [5.41, 5.74) is 1.35. The fraction of sp³-hybridized carbons (Fsp3) is 0.800. The van der Waals surface area contributed by atoms with Crippen LogP contribution in [-0.4, -0.2) is 27.8 Å². The minimum atomic E-state index is 0.463. The lowest BCUT2D eigenvalue weighted by atomic mass is 9.87. The van der Waals surface area contributed by atoms with E-state index in [0.29, 0.717) is 6.04 Å². The van der Waals surface area contributed by atoms with Crippen molar-refractivity contribution in [1.29, 1.82) is 0 Å². The second-order valence-electron chi connectivity index (χ2n) is 6.28. The van der Waals surface area contributed by atoms with Crippen molar-refractivity contribution in [3.8, 4) is 0 Å². The molecular weight excluding hydrogens is 222 g/mol. The maximum atomic E-state index is 4.41. The van der Waals surface area contributed by atoms with Crippen molar-refractivity contribution in [1.82, 2.24) is 14.7 Å². The number of aromatic nitrogens is 2.